The predicted octanol–water partition coefficient (Wildman–Crippen LogP) is 2.25. The molecule has 0 spiro atoms. The topological polar surface area (TPSA) is 44.1 Å². The van der Waals surface area contributed by atoms with Gasteiger partial charge in [-0.05, 0) is 18.2 Å². The Bertz CT molecular complexity index is 947. The van der Waals surface area contributed by atoms with Crippen LogP contribution >= 0.6 is 0 Å². The third-order valence-corrected chi connectivity index (χ3v) is 5.41. The molecule has 0 atom stereocenters. The first kappa shape index (κ1) is 19.5. The summed E-state index contributed by atoms with van der Waals surface area (Å²) < 4.78 is 15.8. The van der Waals surface area contributed by atoms with E-state index in [0.29, 0.717) is 18.7 Å². The molecule has 152 valence electrons. The van der Waals surface area contributed by atoms with E-state index in [-0.39, 0.29) is 11.7 Å². The third-order valence-electron chi connectivity index (χ3n) is 5.41. The van der Waals surface area contributed by atoms with Gasteiger partial charge in [-0.2, -0.15) is 0 Å². The van der Waals surface area contributed by atoms with Crippen LogP contribution in [0.5, 0.6) is 0 Å². The van der Waals surface area contributed by atoms with E-state index in [1.807, 2.05) is 28.8 Å². The van der Waals surface area contributed by atoms with E-state index >= 15 is 0 Å². The molecule has 0 unspecified atom stereocenters. The number of rotatable bonds is 6. The third kappa shape index (κ3) is 4.81. The molecule has 3 aromatic rings. The van der Waals surface area contributed by atoms with Gasteiger partial charge < -0.3 is 9.30 Å². The molecule has 0 bridgehead atoms. The molecule has 0 N–H and O–H groups in total. The van der Waals surface area contributed by atoms with E-state index in [4.69, 9.17) is 0 Å². The lowest BCUT2D eigenvalue weighted by molar-refractivity contribution is -0.132. The van der Waals surface area contributed by atoms with Gasteiger partial charge in [0.1, 0.15) is 11.5 Å². The van der Waals surface area contributed by atoms with Crippen LogP contribution in [0, 0.1) is 5.82 Å². The fraction of sp³-hybridized carbons (Fsp3) is 0.364. The summed E-state index contributed by atoms with van der Waals surface area (Å²) >= 11 is 0. The fourth-order valence-electron chi connectivity index (χ4n) is 3.68. The summed E-state index contributed by atoms with van der Waals surface area (Å²) in [5, 5.41) is 0. The Hall–Kier alpha value is -2.77. The molecular weight excluding hydrogens is 369 g/mol. The van der Waals surface area contributed by atoms with Crippen molar-refractivity contribution < 1.29 is 9.18 Å². The van der Waals surface area contributed by atoms with Crippen molar-refractivity contribution in [3.63, 3.8) is 0 Å². The van der Waals surface area contributed by atoms with E-state index in [1.54, 1.807) is 30.1 Å². The molecule has 7 heteroatoms. The first-order valence-corrected chi connectivity index (χ1v) is 9.93. The Labute approximate surface area is 170 Å². The molecule has 1 fully saturated rings. The van der Waals surface area contributed by atoms with Crippen molar-refractivity contribution >= 4 is 11.6 Å². The number of piperazine rings is 1. The molecule has 1 aromatic carbocycles. The van der Waals surface area contributed by atoms with Crippen molar-refractivity contribution in [2.24, 2.45) is 0 Å². The van der Waals surface area contributed by atoms with Crippen molar-refractivity contribution in [2.75, 3.05) is 39.8 Å². The van der Waals surface area contributed by atoms with Gasteiger partial charge in [0, 0.05) is 64.3 Å². The van der Waals surface area contributed by atoms with Gasteiger partial charge in [0.25, 0.3) is 0 Å². The molecule has 0 saturated carbocycles. The molecular formula is C22H26FN5O. The van der Waals surface area contributed by atoms with Crippen molar-refractivity contribution in [1.82, 2.24) is 24.1 Å². The quantitative estimate of drug-likeness (QED) is 0.642. The number of amides is 1. The van der Waals surface area contributed by atoms with Crippen LogP contribution in [-0.2, 0) is 17.9 Å². The van der Waals surface area contributed by atoms with E-state index < -0.39 is 0 Å². The first-order valence-electron chi connectivity index (χ1n) is 9.93. The average Bonchev–Trinajstić information content (AvgIpc) is 3.13. The maximum absolute atomic E-state index is 13.8. The summed E-state index contributed by atoms with van der Waals surface area (Å²) in [7, 11) is 1.73. The zero-order valence-electron chi connectivity index (χ0n) is 16.7. The van der Waals surface area contributed by atoms with Gasteiger partial charge in [-0.25, -0.2) is 9.37 Å². The van der Waals surface area contributed by atoms with Crippen molar-refractivity contribution in [2.45, 2.75) is 13.1 Å². The molecule has 29 heavy (non-hydrogen) atoms. The highest BCUT2D eigenvalue weighted by Gasteiger charge is 2.21. The number of fused-ring (bicyclic) bond motifs is 1. The smallest absolute Gasteiger partial charge is 0.236 e. The van der Waals surface area contributed by atoms with E-state index in [0.717, 1.165) is 44.1 Å². The highest BCUT2D eigenvalue weighted by atomic mass is 19.1. The molecule has 2 aromatic heterocycles. The van der Waals surface area contributed by atoms with Crippen LogP contribution in [0.15, 0.2) is 54.9 Å². The Balaban J connectivity index is 1.25. The van der Waals surface area contributed by atoms with Crippen LogP contribution in [0.4, 0.5) is 4.39 Å². The van der Waals surface area contributed by atoms with Gasteiger partial charge >= 0.3 is 0 Å². The molecule has 1 saturated heterocycles. The Kier molecular flexibility index (Phi) is 5.87. The maximum Gasteiger partial charge on any atom is 0.236 e. The second kappa shape index (κ2) is 8.71. The molecule has 6 nitrogen and oxygen atoms in total. The normalized spacial score (nSPS) is 15.7. The summed E-state index contributed by atoms with van der Waals surface area (Å²) in [5.41, 5.74) is 2.57. The number of nitrogens with zero attached hydrogens (tertiary/aromatic N) is 5. The number of benzene rings is 1. The second-order valence-corrected chi connectivity index (χ2v) is 7.59. The Morgan fingerprint density at radius 3 is 2.55 bits per heavy atom. The number of hydrogen-bond acceptors (Lipinski definition) is 4. The zero-order valence-corrected chi connectivity index (χ0v) is 16.7. The SMILES string of the molecule is CN(Cc1ccccc1F)C(=O)CN1CCN(Cc2cn3ccccc3n2)CC1. The number of halogens is 1. The largest absolute Gasteiger partial charge is 0.340 e. The van der Waals surface area contributed by atoms with Gasteiger partial charge in [-0.15, -0.1) is 0 Å². The monoisotopic (exact) mass is 395 g/mol. The average molecular weight is 395 g/mol. The van der Waals surface area contributed by atoms with Gasteiger partial charge in [-0.1, -0.05) is 24.3 Å². The van der Waals surface area contributed by atoms with Gasteiger partial charge in [0.15, 0.2) is 0 Å². The number of carbonyl (C=O) groups is 1. The lowest BCUT2D eigenvalue weighted by Gasteiger charge is -2.34. The molecule has 1 aliphatic heterocycles. The van der Waals surface area contributed by atoms with Crippen LogP contribution in [0.1, 0.15) is 11.3 Å². The summed E-state index contributed by atoms with van der Waals surface area (Å²) in [5.74, 6) is -0.255. The van der Waals surface area contributed by atoms with Gasteiger partial charge in [0.2, 0.25) is 5.91 Å². The number of pyridine rings is 1. The van der Waals surface area contributed by atoms with Gasteiger partial charge in [0.05, 0.1) is 12.2 Å². The highest BCUT2D eigenvalue weighted by molar-refractivity contribution is 5.78. The predicted molar refractivity (Wildman–Crippen MR) is 110 cm³/mol. The van der Waals surface area contributed by atoms with E-state index in [2.05, 4.69) is 21.0 Å². The van der Waals surface area contributed by atoms with Crippen LogP contribution in [0.2, 0.25) is 0 Å². The minimum absolute atomic E-state index is 0.0158. The Morgan fingerprint density at radius 2 is 1.79 bits per heavy atom. The number of aromatic nitrogens is 2. The molecule has 1 aliphatic rings. The minimum Gasteiger partial charge on any atom is -0.340 e. The standard InChI is InChI=1S/C22H26FN5O/c1-25(14-18-6-2-3-7-20(18)23)22(29)17-27-12-10-26(11-13-27)15-19-16-28-9-5-4-8-21(28)24-19/h2-9,16H,10-15,17H2,1H3. The molecule has 0 radical (unpaired) electrons. The maximum atomic E-state index is 13.8. The first-order chi connectivity index (χ1) is 14.1. The number of carbonyl (C=O) groups excluding carboxylic acids is 1. The lowest BCUT2D eigenvalue weighted by atomic mass is 10.2. The highest BCUT2D eigenvalue weighted by Crippen LogP contribution is 2.12. The van der Waals surface area contributed by atoms with E-state index in [1.165, 1.54) is 6.07 Å². The Morgan fingerprint density at radius 1 is 1.07 bits per heavy atom. The molecule has 4 rings (SSSR count). The molecule has 0 aliphatic carbocycles. The van der Waals surface area contributed by atoms with Crippen LogP contribution in [0.25, 0.3) is 5.65 Å². The summed E-state index contributed by atoms with van der Waals surface area (Å²) in [6, 6.07) is 12.6. The minimum atomic E-state index is -0.271. The molecule has 3 heterocycles. The summed E-state index contributed by atoms with van der Waals surface area (Å²) in [6.45, 7) is 4.96. The second-order valence-electron chi connectivity index (χ2n) is 7.59. The van der Waals surface area contributed by atoms with Crippen molar-refractivity contribution in [1.29, 1.82) is 0 Å². The van der Waals surface area contributed by atoms with Crippen molar-refractivity contribution in [3.05, 3.63) is 71.9 Å². The fourth-order valence-corrected chi connectivity index (χ4v) is 3.68. The van der Waals surface area contributed by atoms with Crippen LogP contribution in [-0.4, -0.2) is 69.8 Å². The lowest BCUT2D eigenvalue weighted by Crippen LogP contribution is -2.49. The number of imidazole rings is 1. The molecule has 1 amide bonds. The summed E-state index contributed by atoms with van der Waals surface area (Å²) in [4.78, 5) is 23.3. The number of hydrogen-bond donors (Lipinski definition) is 0. The van der Waals surface area contributed by atoms with Gasteiger partial charge in [-0.3, -0.25) is 14.6 Å². The summed E-state index contributed by atoms with van der Waals surface area (Å²) in [6.07, 6.45) is 4.08. The van der Waals surface area contributed by atoms with Crippen LogP contribution < -0.4 is 0 Å². The van der Waals surface area contributed by atoms with Crippen molar-refractivity contribution in [3.8, 4) is 0 Å². The van der Waals surface area contributed by atoms with E-state index in [9.17, 15) is 9.18 Å². The number of likely N-dealkylation sites (N-methyl/N-ethyl adjacent to an activating group) is 1. The zero-order chi connectivity index (χ0) is 20.2. The van der Waals surface area contributed by atoms with Crippen LogP contribution in [0.3, 0.4) is 0 Å².